The minimum Gasteiger partial charge on any atom is -0.481 e. The molecule has 0 aromatic heterocycles. The number of carboxylic acids is 1. The van der Waals surface area contributed by atoms with Crippen LogP contribution in [0.25, 0.3) is 0 Å². The number of carboxylic acid groups (broad SMARTS) is 1. The lowest BCUT2D eigenvalue weighted by Gasteiger charge is -2.44. The monoisotopic (exact) mass is 220 g/mol. The highest BCUT2D eigenvalue weighted by atomic mass is 32.2. The Morgan fingerprint density at radius 3 is 2.36 bits per heavy atom. The lowest BCUT2D eigenvalue weighted by Crippen LogP contribution is -2.51. The molecule has 14 heavy (non-hydrogen) atoms. The van der Waals surface area contributed by atoms with E-state index in [2.05, 4.69) is 0 Å². The third-order valence-electron chi connectivity index (χ3n) is 3.41. The molecule has 6 heteroatoms. The van der Waals surface area contributed by atoms with Crippen molar-refractivity contribution in [3.05, 3.63) is 0 Å². The van der Waals surface area contributed by atoms with E-state index in [0.717, 1.165) is 0 Å². The summed E-state index contributed by atoms with van der Waals surface area (Å²) in [5.41, 5.74) is 0. The highest BCUT2D eigenvalue weighted by Gasteiger charge is 2.59. The lowest BCUT2D eigenvalue weighted by molar-refractivity contribution is -0.158. The molecule has 2 fully saturated rings. The highest BCUT2D eigenvalue weighted by molar-refractivity contribution is 7.91. The minimum absolute atomic E-state index is 0.0227. The summed E-state index contributed by atoms with van der Waals surface area (Å²) in [6.07, 6.45) is 0. The van der Waals surface area contributed by atoms with Gasteiger partial charge in [-0.3, -0.25) is 4.79 Å². The predicted octanol–water partition coefficient (Wildman–Crippen LogP) is -1.03. The summed E-state index contributed by atoms with van der Waals surface area (Å²) in [6, 6.07) is 0. The molecule has 80 valence electrons. The van der Waals surface area contributed by atoms with Crippen molar-refractivity contribution in [1.29, 1.82) is 0 Å². The molecule has 0 amide bonds. The molecular weight excluding hydrogens is 208 g/mol. The molecule has 0 aromatic rings. The molecule has 0 spiro atoms. The van der Waals surface area contributed by atoms with Gasteiger partial charge in [0.2, 0.25) is 0 Å². The quantitative estimate of drug-likeness (QED) is 0.621. The van der Waals surface area contributed by atoms with Crippen molar-refractivity contribution < 1.29 is 23.4 Å². The van der Waals surface area contributed by atoms with Crippen LogP contribution >= 0.6 is 0 Å². The van der Waals surface area contributed by atoms with Crippen LogP contribution in [0.4, 0.5) is 0 Å². The molecule has 0 aromatic carbocycles. The van der Waals surface area contributed by atoms with Gasteiger partial charge in [0.05, 0.1) is 17.4 Å². The summed E-state index contributed by atoms with van der Waals surface area (Å²) in [5.74, 6) is -2.39. The number of aliphatic hydroxyl groups excluding tert-OH is 1. The third kappa shape index (κ3) is 1.25. The van der Waals surface area contributed by atoms with E-state index in [4.69, 9.17) is 10.2 Å². The van der Waals surface area contributed by atoms with Crippen LogP contribution < -0.4 is 0 Å². The second-order valence-corrected chi connectivity index (χ2v) is 6.27. The number of aliphatic hydroxyl groups is 1. The number of fused-ring (bicyclic) bond motifs is 1. The molecular formula is C8H12O5S. The molecule has 2 N–H and O–H groups in total. The molecule has 4 atom stereocenters. The molecule has 1 saturated heterocycles. The van der Waals surface area contributed by atoms with Gasteiger partial charge in [-0.1, -0.05) is 0 Å². The summed E-state index contributed by atoms with van der Waals surface area (Å²) >= 11 is 0. The molecule has 1 aliphatic carbocycles. The van der Waals surface area contributed by atoms with E-state index >= 15 is 0 Å². The van der Waals surface area contributed by atoms with Crippen LogP contribution in [0, 0.1) is 23.7 Å². The lowest BCUT2D eigenvalue weighted by atomic mass is 9.58. The maximum atomic E-state index is 11.2. The zero-order valence-electron chi connectivity index (χ0n) is 7.46. The fourth-order valence-corrected chi connectivity index (χ4v) is 5.02. The average Bonchev–Trinajstić information content (AvgIpc) is 2.28. The zero-order valence-corrected chi connectivity index (χ0v) is 8.27. The van der Waals surface area contributed by atoms with Crippen molar-refractivity contribution >= 4 is 15.8 Å². The first-order valence-electron chi connectivity index (χ1n) is 4.50. The summed E-state index contributed by atoms with van der Waals surface area (Å²) in [5, 5.41) is 17.8. The van der Waals surface area contributed by atoms with Crippen molar-refractivity contribution in [1.82, 2.24) is 0 Å². The van der Waals surface area contributed by atoms with E-state index in [1.807, 2.05) is 0 Å². The standard InChI is InChI=1S/C8H12O5S/c9-1-4-5-2-14(12,13)3-6(5)7(4)8(10)11/h4-7,9H,1-3H2,(H,10,11)/t4-,5+,6+,7-/m1/s1. The second-order valence-electron chi connectivity index (χ2n) is 4.12. The predicted molar refractivity (Wildman–Crippen MR) is 47.3 cm³/mol. The van der Waals surface area contributed by atoms with Crippen molar-refractivity contribution in [2.45, 2.75) is 0 Å². The maximum Gasteiger partial charge on any atom is 0.307 e. The van der Waals surface area contributed by atoms with E-state index in [9.17, 15) is 13.2 Å². The molecule has 1 heterocycles. The van der Waals surface area contributed by atoms with Crippen LogP contribution in [0.2, 0.25) is 0 Å². The van der Waals surface area contributed by atoms with Crippen LogP contribution in [0.3, 0.4) is 0 Å². The van der Waals surface area contributed by atoms with E-state index in [1.54, 1.807) is 0 Å². The highest BCUT2D eigenvalue weighted by Crippen LogP contribution is 2.51. The molecule has 0 bridgehead atoms. The van der Waals surface area contributed by atoms with Gasteiger partial charge in [-0.05, 0) is 17.8 Å². The van der Waals surface area contributed by atoms with Crippen LogP contribution in [0.15, 0.2) is 0 Å². The van der Waals surface area contributed by atoms with Crippen molar-refractivity contribution in [3.63, 3.8) is 0 Å². The average molecular weight is 220 g/mol. The number of aliphatic carboxylic acids is 1. The molecule has 2 rings (SSSR count). The SMILES string of the molecule is O=C(O)[C@@H]1[C@H](CO)[C@@H]2CS(=O)(=O)C[C@@H]21. The van der Waals surface area contributed by atoms with Gasteiger partial charge in [-0.15, -0.1) is 0 Å². The van der Waals surface area contributed by atoms with Gasteiger partial charge in [0, 0.05) is 6.61 Å². The summed E-state index contributed by atoms with van der Waals surface area (Å²) < 4.78 is 22.5. The van der Waals surface area contributed by atoms with Gasteiger partial charge in [0.15, 0.2) is 9.84 Å². The van der Waals surface area contributed by atoms with Crippen LogP contribution in [-0.4, -0.2) is 42.7 Å². The first-order chi connectivity index (χ1) is 6.46. The van der Waals surface area contributed by atoms with E-state index < -0.39 is 21.7 Å². The van der Waals surface area contributed by atoms with Crippen LogP contribution in [0.5, 0.6) is 0 Å². The normalized spacial score (nSPS) is 44.1. The zero-order chi connectivity index (χ0) is 10.5. The van der Waals surface area contributed by atoms with Crippen LogP contribution in [0.1, 0.15) is 0 Å². The van der Waals surface area contributed by atoms with Gasteiger partial charge < -0.3 is 10.2 Å². The van der Waals surface area contributed by atoms with Gasteiger partial charge in [-0.25, -0.2) is 8.42 Å². The third-order valence-corrected chi connectivity index (χ3v) is 5.20. The Labute approximate surface area is 81.7 Å². The summed E-state index contributed by atoms with van der Waals surface area (Å²) in [7, 11) is -3.07. The smallest absolute Gasteiger partial charge is 0.307 e. The van der Waals surface area contributed by atoms with Crippen LogP contribution in [-0.2, 0) is 14.6 Å². The Morgan fingerprint density at radius 1 is 1.29 bits per heavy atom. The Morgan fingerprint density at radius 2 is 1.86 bits per heavy atom. The Bertz CT molecular complexity index is 360. The molecule has 2 aliphatic rings. The molecule has 1 saturated carbocycles. The number of carbonyl (C=O) groups is 1. The topological polar surface area (TPSA) is 91.7 Å². The number of hydrogen-bond donors (Lipinski definition) is 2. The van der Waals surface area contributed by atoms with Crippen molar-refractivity contribution in [2.75, 3.05) is 18.1 Å². The minimum atomic E-state index is -3.07. The Hall–Kier alpha value is -0.620. The first-order valence-corrected chi connectivity index (χ1v) is 6.32. The van der Waals surface area contributed by atoms with E-state index in [1.165, 1.54) is 0 Å². The number of rotatable bonds is 2. The second kappa shape index (κ2) is 2.93. The van der Waals surface area contributed by atoms with Gasteiger partial charge in [0.1, 0.15) is 0 Å². The maximum absolute atomic E-state index is 11.2. The summed E-state index contributed by atoms with van der Waals surface area (Å²) in [6.45, 7) is -0.229. The molecule has 0 radical (unpaired) electrons. The van der Waals surface area contributed by atoms with Crippen molar-refractivity contribution in [2.24, 2.45) is 23.7 Å². The Kier molecular flexibility index (Phi) is 2.08. The van der Waals surface area contributed by atoms with E-state index in [-0.39, 0.29) is 35.9 Å². The first kappa shape index (κ1) is 9.92. The van der Waals surface area contributed by atoms with Gasteiger partial charge in [-0.2, -0.15) is 0 Å². The van der Waals surface area contributed by atoms with Crippen molar-refractivity contribution in [3.8, 4) is 0 Å². The molecule has 1 aliphatic heterocycles. The van der Waals surface area contributed by atoms with Gasteiger partial charge >= 0.3 is 5.97 Å². The summed E-state index contributed by atoms with van der Waals surface area (Å²) in [4.78, 5) is 10.8. The number of sulfone groups is 1. The fourth-order valence-electron chi connectivity index (χ4n) is 2.77. The number of hydrogen-bond acceptors (Lipinski definition) is 4. The molecule has 5 nitrogen and oxygen atoms in total. The van der Waals surface area contributed by atoms with E-state index in [0.29, 0.717) is 0 Å². The molecule has 0 unspecified atom stereocenters. The Balaban J connectivity index is 2.21. The fraction of sp³-hybridized carbons (Fsp3) is 0.875. The largest absolute Gasteiger partial charge is 0.481 e. The van der Waals surface area contributed by atoms with Gasteiger partial charge in [0.25, 0.3) is 0 Å².